The molecule has 12 heteroatoms. The number of halogens is 2. The second-order valence-corrected chi connectivity index (χ2v) is 14.2. The van der Waals surface area contributed by atoms with E-state index in [1.807, 2.05) is 44.2 Å². The lowest BCUT2D eigenvalue weighted by Crippen LogP contribution is -2.53. The van der Waals surface area contributed by atoms with Crippen molar-refractivity contribution in [3.8, 4) is 11.5 Å². The van der Waals surface area contributed by atoms with E-state index in [0.29, 0.717) is 27.9 Å². The third kappa shape index (κ3) is 9.68. The highest BCUT2D eigenvalue weighted by Crippen LogP contribution is 2.33. The summed E-state index contributed by atoms with van der Waals surface area (Å²) in [6.07, 6.45) is 1.81. The fourth-order valence-electron chi connectivity index (χ4n) is 5.24. The molecule has 0 aliphatic carbocycles. The van der Waals surface area contributed by atoms with Crippen LogP contribution in [0.15, 0.2) is 95.9 Å². The van der Waals surface area contributed by atoms with Gasteiger partial charge in [0.25, 0.3) is 10.0 Å². The minimum atomic E-state index is -4.36. The molecule has 0 aliphatic heterocycles. The minimum Gasteiger partial charge on any atom is -0.493 e. The Morgan fingerprint density at radius 3 is 2.20 bits per heavy atom. The molecule has 9 nitrogen and oxygen atoms in total. The smallest absolute Gasteiger partial charge is 0.264 e. The van der Waals surface area contributed by atoms with Gasteiger partial charge < -0.3 is 19.7 Å². The van der Waals surface area contributed by atoms with Crippen molar-refractivity contribution in [1.29, 1.82) is 0 Å². The van der Waals surface area contributed by atoms with E-state index in [4.69, 9.17) is 32.7 Å². The van der Waals surface area contributed by atoms with Gasteiger partial charge >= 0.3 is 0 Å². The largest absolute Gasteiger partial charge is 0.493 e. The predicted molar refractivity (Wildman–Crippen MR) is 194 cm³/mol. The average Bonchev–Trinajstić information content (AvgIpc) is 3.10. The maximum Gasteiger partial charge on any atom is 0.264 e. The molecule has 0 bridgehead atoms. The molecule has 0 aliphatic rings. The van der Waals surface area contributed by atoms with Crippen LogP contribution in [0.2, 0.25) is 10.0 Å². The summed E-state index contributed by atoms with van der Waals surface area (Å²) in [5.74, 6) is -0.407. The van der Waals surface area contributed by atoms with Gasteiger partial charge in [-0.15, -0.1) is 0 Å². The Balaban J connectivity index is 1.83. The molecule has 2 amide bonds. The molecule has 1 unspecified atom stereocenters. The quantitative estimate of drug-likeness (QED) is 0.124. The number of hydrogen-bond acceptors (Lipinski definition) is 6. The molecule has 4 aromatic carbocycles. The lowest BCUT2D eigenvalue weighted by Gasteiger charge is -2.34. The summed E-state index contributed by atoms with van der Waals surface area (Å²) in [5, 5.41) is 3.70. The number of hydrogen-bond donors (Lipinski definition) is 1. The van der Waals surface area contributed by atoms with Crippen molar-refractivity contribution in [2.45, 2.75) is 50.6 Å². The standard InChI is InChI=1S/C37H41Cl2N3O6S/c1-5-6-20-40-37(44)33(21-27-10-8-7-9-11-27)41(24-28-14-15-29(38)22-32(28)39)36(43)25-42(30-16-12-26(2)13-17-30)49(45,46)31-18-19-34(47-3)35(23-31)48-4/h7-19,22-23,33H,5-6,20-21,24-25H2,1-4H3,(H,40,44). The summed E-state index contributed by atoms with van der Waals surface area (Å²) in [5.41, 5.74) is 2.55. The first-order valence-corrected chi connectivity index (χ1v) is 18.0. The van der Waals surface area contributed by atoms with E-state index in [9.17, 15) is 18.0 Å². The first-order chi connectivity index (χ1) is 23.5. The molecular formula is C37H41Cl2N3O6S. The van der Waals surface area contributed by atoms with Crippen molar-refractivity contribution >= 4 is 50.7 Å². The number of carbonyl (C=O) groups excluding carboxylic acids is 2. The number of sulfonamides is 1. The highest BCUT2D eigenvalue weighted by Gasteiger charge is 2.35. The maximum atomic E-state index is 14.7. The van der Waals surface area contributed by atoms with Crippen molar-refractivity contribution in [3.63, 3.8) is 0 Å². The van der Waals surface area contributed by atoms with Crippen LogP contribution in [0.5, 0.6) is 11.5 Å². The highest BCUT2D eigenvalue weighted by atomic mass is 35.5. The molecular weight excluding hydrogens is 685 g/mol. The van der Waals surface area contributed by atoms with Crippen LogP contribution in [0.25, 0.3) is 0 Å². The Hall–Kier alpha value is -4.25. The number of aryl methyl sites for hydroxylation is 1. The molecule has 4 rings (SSSR count). The highest BCUT2D eigenvalue weighted by molar-refractivity contribution is 7.92. The molecule has 49 heavy (non-hydrogen) atoms. The summed E-state index contributed by atoms with van der Waals surface area (Å²) < 4.78 is 40.6. The Morgan fingerprint density at radius 2 is 1.57 bits per heavy atom. The molecule has 0 spiro atoms. The van der Waals surface area contributed by atoms with E-state index >= 15 is 0 Å². The molecule has 1 N–H and O–H groups in total. The van der Waals surface area contributed by atoms with Crippen LogP contribution >= 0.6 is 23.2 Å². The Kier molecular flexibility index (Phi) is 13.4. The van der Waals surface area contributed by atoms with Gasteiger partial charge in [0, 0.05) is 35.6 Å². The number of carbonyl (C=O) groups is 2. The minimum absolute atomic E-state index is 0.0777. The molecule has 4 aromatic rings. The molecule has 0 heterocycles. The lowest BCUT2D eigenvalue weighted by atomic mass is 10.0. The van der Waals surface area contributed by atoms with Gasteiger partial charge in [-0.25, -0.2) is 8.42 Å². The van der Waals surface area contributed by atoms with Gasteiger partial charge in [-0.2, -0.15) is 0 Å². The number of ether oxygens (including phenoxy) is 2. The number of amides is 2. The van der Waals surface area contributed by atoms with Gasteiger partial charge in [-0.3, -0.25) is 13.9 Å². The van der Waals surface area contributed by atoms with Crippen molar-refractivity contribution in [1.82, 2.24) is 10.2 Å². The van der Waals surface area contributed by atoms with Gasteiger partial charge in [0.05, 0.1) is 24.8 Å². The fraction of sp³-hybridized carbons (Fsp3) is 0.297. The number of anilines is 1. The molecule has 260 valence electrons. The average molecular weight is 727 g/mol. The van der Waals surface area contributed by atoms with E-state index in [-0.39, 0.29) is 35.2 Å². The van der Waals surface area contributed by atoms with Gasteiger partial charge in [0.2, 0.25) is 11.8 Å². The Bertz CT molecular complexity index is 1840. The van der Waals surface area contributed by atoms with E-state index in [1.54, 1.807) is 42.5 Å². The normalized spacial score (nSPS) is 11.8. The number of unbranched alkanes of at least 4 members (excludes halogenated alkanes) is 1. The number of rotatable bonds is 16. The maximum absolute atomic E-state index is 14.7. The van der Waals surface area contributed by atoms with E-state index < -0.39 is 28.5 Å². The van der Waals surface area contributed by atoms with Crippen molar-refractivity contribution in [2.75, 3.05) is 31.6 Å². The summed E-state index contributed by atoms with van der Waals surface area (Å²) in [7, 11) is -1.49. The third-order valence-corrected chi connectivity index (χ3v) is 10.4. The zero-order chi connectivity index (χ0) is 35.6. The first-order valence-electron chi connectivity index (χ1n) is 15.8. The summed E-state index contributed by atoms with van der Waals surface area (Å²) in [4.78, 5) is 29.9. The van der Waals surface area contributed by atoms with Crippen LogP contribution < -0.4 is 19.1 Å². The monoisotopic (exact) mass is 725 g/mol. The van der Waals surface area contributed by atoms with Crippen LogP contribution in [0.1, 0.15) is 36.5 Å². The van der Waals surface area contributed by atoms with Crippen molar-refractivity contribution in [3.05, 3.63) is 118 Å². The second-order valence-electron chi connectivity index (χ2n) is 11.5. The number of methoxy groups -OCH3 is 2. The number of benzene rings is 4. The second kappa shape index (κ2) is 17.4. The van der Waals surface area contributed by atoms with Crippen molar-refractivity contribution in [2.24, 2.45) is 0 Å². The summed E-state index contributed by atoms with van der Waals surface area (Å²) in [6, 6.07) is 24.3. The van der Waals surface area contributed by atoms with Crippen LogP contribution in [-0.4, -0.2) is 58.5 Å². The summed E-state index contributed by atoms with van der Waals surface area (Å²) >= 11 is 12.8. The predicted octanol–water partition coefficient (Wildman–Crippen LogP) is 7.07. The van der Waals surface area contributed by atoms with Gasteiger partial charge in [0.15, 0.2) is 11.5 Å². The molecule has 0 aromatic heterocycles. The Labute approximate surface area is 298 Å². The summed E-state index contributed by atoms with van der Waals surface area (Å²) in [6.45, 7) is 3.63. The van der Waals surface area contributed by atoms with Crippen LogP contribution in [0.3, 0.4) is 0 Å². The molecule has 0 saturated heterocycles. The molecule has 1 atom stereocenters. The van der Waals surface area contributed by atoms with E-state index in [0.717, 1.165) is 28.3 Å². The van der Waals surface area contributed by atoms with Crippen LogP contribution in [0.4, 0.5) is 5.69 Å². The topological polar surface area (TPSA) is 105 Å². The van der Waals surface area contributed by atoms with Gasteiger partial charge in [-0.05, 0) is 60.9 Å². The SMILES string of the molecule is CCCCNC(=O)C(Cc1ccccc1)N(Cc1ccc(Cl)cc1Cl)C(=O)CN(c1ccc(C)cc1)S(=O)(=O)c1ccc(OC)c(OC)c1. The molecule has 0 radical (unpaired) electrons. The van der Waals surface area contributed by atoms with Gasteiger partial charge in [0.1, 0.15) is 12.6 Å². The Morgan fingerprint density at radius 1 is 0.878 bits per heavy atom. The zero-order valence-electron chi connectivity index (χ0n) is 28.0. The first kappa shape index (κ1) is 37.6. The fourth-order valence-corrected chi connectivity index (χ4v) is 7.14. The zero-order valence-corrected chi connectivity index (χ0v) is 30.3. The number of nitrogens with zero attached hydrogens (tertiary/aromatic N) is 2. The van der Waals surface area contributed by atoms with E-state index in [1.165, 1.54) is 37.3 Å². The van der Waals surface area contributed by atoms with Crippen LogP contribution in [-0.2, 0) is 32.6 Å². The molecule has 0 fully saturated rings. The van der Waals surface area contributed by atoms with Crippen LogP contribution in [0, 0.1) is 6.92 Å². The lowest BCUT2D eigenvalue weighted by molar-refractivity contribution is -0.140. The van der Waals surface area contributed by atoms with Gasteiger partial charge in [-0.1, -0.05) is 90.6 Å². The van der Waals surface area contributed by atoms with E-state index in [2.05, 4.69) is 5.32 Å². The van der Waals surface area contributed by atoms with Crippen molar-refractivity contribution < 1.29 is 27.5 Å². The molecule has 0 saturated carbocycles. The third-order valence-electron chi connectivity index (χ3n) is 8.00. The number of nitrogens with one attached hydrogen (secondary N) is 1.